The zero-order chi connectivity index (χ0) is 15.2. The summed E-state index contributed by atoms with van der Waals surface area (Å²) >= 11 is 5.12. The molecule has 1 amide bonds. The van der Waals surface area contributed by atoms with Crippen LogP contribution in [0.15, 0.2) is 24.3 Å². The summed E-state index contributed by atoms with van der Waals surface area (Å²) in [6.45, 7) is 2.52. The monoisotopic (exact) mass is 308 g/mol. The minimum absolute atomic E-state index is 0.131. The zero-order valence-electron chi connectivity index (χ0n) is 11.7. The lowest BCUT2D eigenvalue weighted by Crippen LogP contribution is -2.27. The summed E-state index contributed by atoms with van der Waals surface area (Å²) in [6.07, 6.45) is 1.69. The van der Waals surface area contributed by atoms with Crippen LogP contribution in [-0.2, 0) is 24.3 Å². The number of benzene rings is 1. The summed E-state index contributed by atoms with van der Waals surface area (Å²) in [5, 5.41) is 9.60. The molecule has 0 aliphatic heterocycles. The highest BCUT2D eigenvalue weighted by Crippen LogP contribution is 2.03. The van der Waals surface area contributed by atoms with Crippen LogP contribution in [0, 0.1) is 10.6 Å². The lowest BCUT2D eigenvalue weighted by Gasteiger charge is -2.08. The minimum atomic E-state index is -0.293. The van der Waals surface area contributed by atoms with Gasteiger partial charge in [0.25, 0.3) is 0 Å². The van der Waals surface area contributed by atoms with Crippen LogP contribution in [0.3, 0.4) is 0 Å². The van der Waals surface area contributed by atoms with Gasteiger partial charge in [-0.2, -0.15) is 5.10 Å². The Kier molecular flexibility index (Phi) is 5.21. The summed E-state index contributed by atoms with van der Waals surface area (Å²) in [7, 11) is 0. The molecule has 7 heteroatoms. The van der Waals surface area contributed by atoms with E-state index in [1.807, 2.05) is 6.92 Å². The lowest BCUT2D eigenvalue weighted by atomic mass is 10.2. The SMILES string of the molecule is CCCc1n[nH]c(=S)n1CC(=O)NCc1ccc(F)cc1. The van der Waals surface area contributed by atoms with Crippen LogP contribution < -0.4 is 5.32 Å². The smallest absolute Gasteiger partial charge is 0.240 e. The molecule has 0 saturated heterocycles. The molecule has 0 saturated carbocycles. The van der Waals surface area contributed by atoms with Crippen LogP contribution in [0.1, 0.15) is 24.7 Å². The molecule has 0 fully saturated rings. The van der Waals surface area contributed by atoms with Crippen LogP contribution in [-0.4, -0.2) is 20.7 Å². The first-order valence-corrected chi connectivity index (χ1v) is 7.16. The molecule has 0 aliphatic carbocycles. The Morgan fingerprint density at radius 1 is 1.43 bits per heavy atom. The maximum Gasteiger partial charge on any atom is 0.240 e. The van der Waals surface area contributed by atoms with Crippen LogP contribution >= 0.6 is 12.2 Å². The zero-order valence-corrected chi connectivity index (χ0v) is 12.5. The average Bonchev–Trinajstić information content (AvgIpc) is 2.80. The number of halogens is 1. The number of aryl methyl sites for hydroxylation is 1. The number of carbonyl (C=O) groups is 1. The summed E-state index contributed by atoms with van der Waals surface area (Å²) in [6, 6.07) is 6.02. The first-order valence-electron chi connectivity index (χ1n) is 6.75. The Hall–Kier alpha value is -2.02. The van der Waals surface area contributed by atoms with Crippen LogP contribution in [0.4, 0.5) is 4.39 Å². The van der Waals surface area contributed by atoms with E-state index in [4.69, 9.17) is 12.2 Å². The normalized spacial score (nSPS) is 10.6. The number of hydrogen-bond acceptors (Lipinski definition) is 3. The molecule has 5 nitrogen and oxygen atoms in total. The Bertz CT molecular complexity index is 662. The Morgan fingerprint density at radius 3 is 2.81 bits per heavy atom. The standard InChI is InChI=1S/C14H17FN4OS/c1-2-3-12-17-18-14(21)19(12)9-13(20)16-8-10-4-6-11(15)7-5-10/h4-7H,2-3,8-9H2,1H3,(H,16,20)(H,18,21). The van der Waals surface area contributed by atoms with E-state index >= 15 is 0 Å². The van der Waals surface area contributed by atoms with Crippen molar-refractivity contribution in [2.75, 3.05) is 0 Å². The molecule has 0 unspecified atom stereocenters. The van der Waals surface area contributed by atoms with Crippen molar-refractivity contribution in [2.45, 2.75) is 32.9 Å². The van der Waals surface area contributed by atoms with E-state index in [2.05, 4.69) is 15.5 Å². The second kappa shape index (κ2) is 7.12. The third-order valence-corrected chi connectivity index (χ3v) is 3.33. The van der Waals surface area contributed by atoms with Crippen LogP contribution in [0.5, 0.6) is 0 Å². The lowest BCUT2D eigenvalue weighted by molar-refractivity contribution is -0.121. The quantitative estimate of drug-likeness (QED) is 0.805. The van der Waals surface area contributed by atoms with Crippen molar-refractivity contribution in [1.29, 1.82) is 0 Å². The van der Waals surface area contributed by atoms with Gasteiger partial charge in [0, 0.05) is 13.0 Å². The van der Waals surface area contributed by atoms with Gasteiger partial charge in [0.1, 0.15) is 18.2 Å². The van der Waals surface area contributed by atoms with E-state index < -0.39 is 0 Å². The number of hydrogen-bond donors (Lipinski definition) is 2. The molecule has 2 aromatic rings. The van der Waals surface area contributed by atoms with Gasteiger partial charge in [-0.25, -0.2) is 4.39 Å². The van der Waals surface area contributed by atoms with Gasteiger partial charge in [0.2, 0.25) is 5.91 Å². The predicted octanol–water partition coefficient (Wildman–Crippen LogP) is 2.35. The summed E-state index contributed by atoms with van der Waals surface area (Å²) in [5.74, 6) is 0.326. The van der Waals surface area contributed by atoms with Gasteiger partial charge in [-0.1, -0.05) is 19.1 Å². The second-order valence-corrected chi connectivity index (χ2v) is 5.07. The Morgan fingerprint density at radius 2 is 2.14 bits per heavy atom. The van der Waals surface area contributed by atoms with Gasteiger partial charge in [-0.3, -0.25) is 14.5 Å². The summed E-state index contributed by atoms with van der Waals surface area (Å²) in [5.41, 5.74) is 0.842. The van der Waals surface area contributed by atoms with Gasteiger partial charge >= 0.3 is 0 Å². The number of rotatable bonds is 6. The van der Waals surface area contributed by atoms with Crippen molar-refractivity contribution < 1.29 is 9.18 Å². The number of nitrogens with one attached hydrogen (secondary N) is 2. The number of aromatic amines is 1. The summed E-state index contributed by atoms with van der Waals surface area (Å²) < 4.78 is 14.9. The molecule has 0 spiro atoms. The third kappa shape index (κ3) is 4.22. The highest BCUT2D eigenvalue weighted by atomic mass is 32.1. The molecular formula is C14H17FN4OS. The molecule has 0 radical (unpaired) electrons. The molecule has 0 atom stereocenters. The topological polar surface area (TPSA) is 62.7 Å². The average molecular weight is 308 g/mol. The number of H-pyrrole nitrogens is 1. The van der Waals surface area contributed by atoms with Crippen molar-refractivity contribution in [1.82, 2.24) is 20.1 Å². The highest BCUT2D eigenvalue weighted by molar-refractivity contribution is 7.71. The number of carbonyl (C=O) groups excluding carboxylic acids is 1. The van der Waals surface area contributed by atoms with Gasteiger partial charge in [0.05, 0.1) is 0 Å². The van der Waals surface area contributed by atoms with Gasteiger partial charge < -0.3 is 5.32 Å². The van der Waals surface area contributed by atoms with Crippen LogP contribution in [0.2, 0.25) is 0 Å². The summed E-state index contributed by atoms with van der Waals surface area (Å²) in [4.78, 5) is 12.0. The molecule has 1 aromatic heterocycles. The first-order chi connectivity index (χ1) is 10.1. The molecular weight excluding hydrogens is 291 g/mol. The Balaban J connectivity index is 1.94. The van der Waals surface area contributed by atoms with E-state index in [1.165, 1.54) is 12.1 Å². The maximum atomic E-state index is 12.8. The molecule has 0 aliphatic rings. The minimum Gasteiger partial charge on any atom is -0.350 e. The van der Waals surface area contributed by atoms with Crippen molar-refractivity contribution in [2.24, 2.45) is 0 Å². The maximum absolute atomic E-state index is 12.8. The molecule has 112 valence electrons. The van der Waals surface area contributed by atoms with Gasteiger partial charge in [0.15, 0.2) is 4.77 Å². The molecule has 2 N–H and O–H groups in total. The Labute approximate surface area is 127 Å². The van der Waals surface area contributed by atoms with Crippen molar-refractivity contribution in [3.8, 4) is 0 Å². The van der Waals surface area contributed by atoms with Gasteiger partial charge in [-0.05, 0) is 36.3 Å². The molecule has 1 heterocycles. The first kappa shape index (κ1) is 15.4. The van der Waals surface area contributed by atoms with E-state index in [0.29, 0.717) is 11.3 Å². The van der Waals surface area contributed by atoms with E-state index in [1.54, 1.807) is 16.7 Å². The van der Waals surface area contributed by atoms with Crippen molar-refractivity contribution in [3.63, 3.8) is 0 Å². The van der Waals surface area contributed by atoms with Crippen molar-refractivity contribution in [3.05, 3.63) is 46.2 Å². The molecule has 21 heavy (non-hydrogen) atoms. The fraction of sp³-hybridized carbons (Fsp3) is 0.357. The third-order valence-electron chi connectivity index (χ3n) is 3.02. The number of nitrogens with zero attached hydrogens (tertiary/aromatic N) is 2. The van der Waals surface area contributed by atoms with E-state index in [-0.39, 0.29) is 18.3 Å². The highest BCUT2D eigenvalue weighted by Gasteiger charge is 2.09. The van der Waals surface area contributed by atoms with Crippen molar-refractivity contribution >= 4 is 18.1 Å². The van der Waals surface area contributed by atoms with E-state index in [9.17, 15) is 9.18 Å². The predicted molar refractivity (Wildman–Crippen MR) is 79.7 cm³/mol. The largest absolute Gasteiger partial charge is 0.350 e. The van der Waals surface area contributed by atoms with E-state index in [0.717, 1.165) is 24.2 Å². The fourth-order valence-electron chi connectivity index (χ4n) is 1.93. The number of amides is 1. The molecule has 1 aromatic carbocycles. The fourth-order valence-corrected chi connectivity index (χ4v) is 2.15. The molecule has 0 bridgehead atoms. The molecule has 2 rings (SSSR count). The second-order valence-electron chi connectivity index (χ2n) is 4.68. The van der Waals surface area contributed by atoms with Gasteiger partial charge in [-0.15, -0.1) is 0 Å². The number of aromatic nitrogens is 3. The van der Waals surface area contributed by atoms with Crippen LogP contribution in [0.25, 0.3) is 0 Å².